The molecule has 7 heteroatoms. The number of fused-ring (bicyclic) bond motifs is 1. The summed E-state index contributed by atoms with van der Waals surface area (Å²) in [5, 5.41) is 3.67. The standard InChI is InChI=1S/C14H8Cl2N4O/c15-11-12(16)18-7-19-13(11)20-14(21)9-3-4-10-8(6-9)2-1-5-17-10/h1-7H,(H,18,19,20,21). The van der Waals surface area contributed by atoms with Crippen molar-refractivity contribution in [2.75, 3.05) is 5.32 Å². The van der Waals surface area contributed by atoms with Gasteiger partial charge in [0.25, 0.3) is 5.91 Å². The molecule has 1 amide bonds. The van der Waals surface area contributed by atoms with Crippen molar-refractivity contribution in [1.82, 2.24) is 15.0 Å². The van der Waals surface area contributed by atoms with E-state index in [9.17, 15) is 4.79 Å². The molecule has 5 nitrogen and oxygen atoms in total. The number of nitrogens with one attached hydrogen (secondary N) is 1. The van der Waals surface area contributed by atoms with Gasteiger partial charge in [-0.3, -0.25) is 9.78 Å². The number of halogens is 2. The Morgan fingerprint density at radius 3 is 2.81 bits per heavy atom. The first-order chi connectivity index (χ1) is 10.1. The third kappa shape index (κ3) is 2.79. The highest BCUT2D eigenvalue weighted by Gasteiger charge is 2.12. The molecule has 0 saturated heterocycles. The Morgan fingerprint density at radius 2 is 1.95 bits per heavy atom. The molecule has 2 aromatic heterocycles. The number of carbonyl (C=O) groups is 1. The lowest BCUT2D eigenvalue weighted by atomic mass is 10.1. The number of amides is 1. The Morgan fingerprint density at radius 1 is 1.10 bits per heavy atom. The van der Waals surface area contributed by atoms with Gasteiger partial charge in [0.05, 0.1) is 5.52 Å². The van der Waals surface area contributed by atoms with E-state index in [4.69, 9.17) is 23.2 Å². The molecular formula is C14H8Cl2N4O. The van der Waals surface area contributed by atoms with Crippen molar-refractivity contribution in [2.24, 2.45) is 0 Å². The summed E-state index contributed by atoms with van der Waals surface area (Å²) in [7, 11) is 0. The number of hydrogen-bond acceptors (Lipinski definition) is 4. The highest BCUT2D eigenvalue weighted by atomic mass is 35.5. The van der Waals surface area contributed by atoms with E-state index in [0.29, 0.717) is 5.56 Å². The van der Waals surface area contributed by atoms with E-state index < -0.39 is 0 Å². The van der Waals surface area contributed by atoms with Crippen LogP contribution in [0.1, 0.15) is 10.4 Å². The zero-order valence-electron chi connectivity index (χ0n) is 10.5. The number of benzene rings is 1. The lowest BCUT2D eigenvalue weighted by Crippen LogP contribution is -2.13. The summed E-state index contributed by atoms with van der Waals surface area (Å²) >= 11 is 11.7. The third-order valence-corrected chi connectivity index (χ3v) is 3.59. The summed E-state index contributed by atoms with van der Waals surface area (Å²) in [6.45, 7) is 0. The first-order valence-corrected chi connectivity index (χ1v) is 6.73. The Bertz CT molecular complexity index is 838. The summed E-state index contributed by atoms with van der Waals surface area (Å²) < 4.78 is 0. The maximum absolute atomic E-state index is 12.2. The molecule has 104 valence electrons. The largest absolute Gasteiger partial charge is 0.305 e. The first kappa shape index (κ1) is 13.7. The lowest BCUT2D eigenvalue weighted by molar-refractivity contribution is 0.102. The van der Waals surface area contributed by atoms with Crippen molar-refractivity contribution < 1.29 is 4.79 Å². The molecule has 0 fully saturated rings. The minimum absolute atomic E-state index is 0.0877. The van der Waals surface area contributed by atoms with Gasteiger partial charge in [-0.15, -0.1) is 0 Å². The Kier molecular flexibility index (Phi) is 3.68. The maximum Gasteiger partial charge on any atom is 0.256 e. The molecule has 0 radical (unpaired) electrons. The van der Waals surface area contributed by atoms with Gasteiger partial charge >= 0.3 is 0 Å². The molecule has 3 rings (SSSR count). The SMILES string of the molecule is O=C(Nc1ncnc(Cl)c1Cl)c1ccc2ncccc2c1. The van der Waals surface area contributed by atoms with Crippen molar-refractivity contribution in [1.29, 1.82) is 0 Å². The summed E-state index contributed by atoms with van der Waals surface area (Å²) in [6, 6.07) is 8.90. The van der Waals surface area contributed by atoms with Crippen LogP contribution in [-0.2, 0) is 0 Å². The van der Waals surface area contributed by atoms with Gasteiger partial charge in [-0.05, 0) is 24.3 Å². The fraction of sp³-hybridized carbons (Fsp3) is 0. The summed E-state index contributed by atoms with van der Waals surface area (Å²) in [6.07, 6.45) is 2.93. The van der Waals surface area contributed by atoms with Crippen molar-refractivity contribution in [3.63, 3.8) is 0 Å². The zero-order chi connectivity index (χ0) is 14.8. The average Bonchev–Trinajstić information content (AvgIpc) is 2.51. The Hall–Kier alpha value is -2.24. The molecule has 1 aromatic carbocycles. The van der Waals surface area contributed by atoms with Gasteiger partial charge in [0.1, 0.15) is 11.3 Å². The summed E-state index contributed by atoms with van der Waals surface area (Å²) in [4.78, 5) is 24.0. The van der Waals surface area contributed by atoms with E-state index in [-0.39, 0.29) is 21.9 Å². The van der Waals surface area contributed by atoms with E-state index in [1.54, 1.807) is 24.4 Å². The zero-order valence-corrected chi connectivity index (χ0v) is 12.1. The number of hydrogen-bond donors (Lipinski definition) is 1. The van der Waals surface area contributed by atoms with Crippen molar-refractivity contribution in [3.05, 3.63) is 58.6 Å². The molecule has 21 heavy (non-hydrogen) atoms. The van der Waals surface area contributed by atoms with E-state index >= 15 is 0 Å². The topological polar surface area (TPSA) is 67.8 Å². The van der Waals surface area contributed by atoms with Crippen LogP contribution in [0.2, 0.25) is 10.2 Å². The van der Waals surface area contributed by atoms with Crippen molar-refractivity contribution >= 4 is 45.8 Å². The molecule has 0 aliphatic rings. The second-order valence-electron chi connectivity index (χ2n) is 4.19. The minimum atomic E-state index is -0.336. The maximum atomic E-state index is 12.2. The lowest BCUT2D eigenvalue weighted by Gasteiger charge is -2.07. The molecule has 0 atom stereocenters. The summed E-state index contributed by atoms with van der Waals surface area (Å²) in [5.74, 6) is -0.162. The van der Waals surface area contributed by atoms with Crippen LogP contribution in [0.4, 0.5) is 5.82 Å². The highest BCUT2D eigenvalue weighted by Crippen LogP contribution is 2.26. The predicted octanol–water partition coefficient (Wildman–Crippen LogP) is 3.58. The van der Waals surface area contributed by atoms with E-state index in [1.807, 2.05) is 12.1 Å². The second kappa shape index (κ2) is 5.63. The Labute approximate surface area is 130 Å². The molecule has 2 heterocycles. The van der Waals surface area contributed by atoms with Gasteiger partial charge in [-0.2, -0.15) is 0 Å². The minimum Gasteiger partial charge on any atom is -0.305 e. The van der Waals surface area contributed by atoms with Crippen LogP contribution in [-0.4, -0.2) is 20.9 Å². The molecule has 0 aliphatic carbocycles. The van der Waals surface area contributed by atoms with E-state index in [1.165, 1.54) is 6.33 Å². The van der Waals surface area contributed by atoms with Gasteiger partial charge in [0.2, 0.25) is 0 Å². The van der Waals surface area contributed by atoms with Gasteiger partial charge in [0, 0.05) is 17.1 Å². The van der Waals surface area contributed by atoms with Crippen molar-refractivity contribution in [2.45, 2.75) is 0 Å². The number of nitrogens with zero attached hydrogens (tertiary/aromatic N) is 3. The average molecular weight is 319 g/mol. The van der Waals surface area contributed by atoms with E-state index in [2.05, 4.69) is 20.3 Å². The van der Waals surface area contributed by atoms with Crippen LogP contribution in [0, 0.1) is 0 Å². The van der Waals surface area contributed by atoms with Crippen molar-refractivity contribution in [3.8, 4) is 0 Å². The number of aromatic nitrogens is 3. The molecule has 0 spiro atoms. The number of carbonyl (C=O) groups excluding carboxylic acids is 1. The third-order valence-electron chi connectivity index (χ3n) is 2.84. The van der Waals surface area contributed by atoms with E-state index in [0.717, 1.165) is 10.9 Å². The number of pyridine rings is 1. The quantitative estimate of drug-likeness (QED) is 0.733. The molecule has 0 aliphatic heterocycles. The normalized spacial score (nSPS) is 10.6. The fourth-order valence-corrected chi connectivity index (χ4v) is 2.11. The Balaban J connectivity index is 1.91. The van der Waals surface area contributed by atoms with Gasteiger partial charge in [-0.1, -0.05) is 29.3 Å². The number of rotatable bonds is 2. The highest BCUT2D eigenvalue weighted by molar-refractivity contribution is 6.43. The van der Waals surface area contributed by atoms with Crippen LogP contribution in [0.5, 0.6) is 0 Å². The smallest absolute Gasteiger partial charge is 0.256 e. The second-order valence-corrected chi connectivity index (χ2v) is 4.93. The summed E-state index contributed by atoms with van der Waals surface area (Å²) in [5.41, 5.74) is 1.29. The first-order valence-electron chi connectivity index (χ1n) is 5.97. The molecule has 0 saturated carbocycles. The van der Waals surface area contributed by atoms with Crippen LogP contribution in [0.15, 0.2) is 42.9 Å². The van der Waals surface area contributed by atoms with Crippen LogP contribution >= 0.6 is 23.2 Å². The van der Waals surface area contributed by atoms with Gasteiger partial charge in [-0.25, -0.2) is 9.97 Å². The van der Waals surface area contributed by atoms with Gasteiger partial charge < -0.3 is 5.32 Å². The number of anilines is 1. The fourth-order valence-electron chi connectivity index (χ4n) is 1.83. The molecule has 0 bridgehead atoms. The van der Waals surface area contributed by atoms with Crippen LogP contribution in [0.25, 0.3) is 10.9 Å². The van der Waals surface area contributed by atoms with Gasteiger partial charge in [0.15, 0.2) is 11.0 Å². The van der Waals surface area contributed by atoms with Crippen LogP contribution < -0.4 is 5.32 Å². The van der Waals surface area contributed by atoms with Crippen LogP contribution in [0.3, 0.4) is 0 Å². The predicted molar refractivity (Wildman–Crippen MR) is 81.7 cm³/mol. The monoisotopic (exact) mass is 318 g/mol. The molecule has 0 unspecified atom stereocenters. The molecule has 1 N–H and O–H groups in total. The molecule has 3 aromatic rings. The molecular weight excluding hydrogens is 311 g/mol.